The van der Waals surface area contributed by atoms with Crippen LogP contribution in [0.15, 0.2) is 72.8 Å². The van der Waals surface area contributed by atoms with Crippen molar-refractivity contribution < 1.29 is 20.4 Å². The van der Waals surface area contributed by atoms with Crippen molar-refractivity contribution in [2.75, 3.05) is 12.4 Å². The van der Waals surface area contributed by atoms with E-state index < -0.39 is 0 Å². The molecule has 47 heavy (non-hydrogen) atoms. The molecule has 246 valence electrons. The Balaban J connectivity index is 0.000000160. The van der Waals surface area contributed by atoms with Gasteiger partial charge in [0.25, 0.3) is 0 Å². The summed E-state index contributed by atoms with van der Waals surface area (Å²) in [5.41, 5.74) is 10.5. The van der Waals surface area contributed by atoms with Gasteiger partial charge in [0.2, 0.25) is 0 Å². The predicted octanol–water partition coefficient (Wildman–Crippen LogP) is 6.43. The molecule has 0 fully saturated rings. The minimum absolute atomic E-state index is 0.0784. The van der Waals surface area contributed by atoms with Crippen LogP contribution in [0, 0.1) is 48.5 Å². The minimum Gasteiger partial charge on any atom is -0.506 e. The molecule has 0 bridgehead atoms. The maximum Gasteiger partial charge on any atom is 0.143 e. The average Bonchev–Trinajstić information content (AvgIpc) is 3.66. The lowest BCUT2D eigenvalue weighted by atomic mass is 10.2. The van der Waals surface area contributed by atoms with Gasteiger partial charge >= 0.3 is 0 Å². The molecule has 0 amide bonds. The first-order valence-corrected chi connectivity index (χ1v) is 15.2. The van der Waals surface area contributed by atoms with Gasteiger partial charge < -0.3 is 25.7 Å². The lowest BCUT2D eigenvalue weighted by Gasteiger charge is -2.09. The SMILES string of the molecule is CNc1ccc(-n2nc(C)cc2C)c(O)c1.Cc1cc(C)n(-c2c(C)cccc2O)n1.Cc1cc(C)n(-c2ccc(CO)cc2O)n1. The first kappa shape index (κ1) is 34.3. The highest BCUT2D eigenvalue weighted by Crippen LogP contribution is 2.27. The van der Waals surface area contributed by atoms with Crippen LogP contribution in [0.3, 0.4) is 0 Å². The fraction of sp³-hybridized carbons (Fsp3) is 0.250. The maximum absolute atomic E-state index is 9.91. The van der Waals surface area contributed by atoms with Crippen LogP contribution in [-0.4, -0.2) is 56.8 Å². The van der Waals surface area contributed by atoms with E-state index in [2.05, 4.69) is 20.6 Å². The Bertz CT molecular complexity index is 1870. The number of aryl methyl sites for hydroxylation is 7. The summed E-state index contributed by atoms with van der Waals surface area (Å²) in [6, 6.07) is 21.9. The molecule has 0 radical (unpaired) electrons. The van der Waals surface area contributed by atoms with E-state index in [4.69, 9.17) is 5.11 Å². The average molecular weight is 638 g/mol. The van der Waals surface area contributed by atoms with Crippen molar-refractivity contribution in [1.29, 1.82) is 0 Å². The molecule has 3 aromatic carbocycles. The molecule has 0 spiro atoms. The van der Waals surface area contributed by atoms with Gasteiger partial charge in [-0.2, -0.15) is 15.3 Å². The highest BCUT2D eigenvalue weighted by molar-refractivity contribution is 5.57. The van der Waals surface area contributed by atoms with Crippen LogP contribution in [0.25, 0.3) is 17.1 Å². The van der Waals surface area contributed by atoms with Crippen LogP contribution in [0.4, 0.5) is 5.69 Å². The zero-order valence-corrected chi connectivity index (χ0v) is 28.1. The third-order valence-electron chi connectivity index (χ3n) is 7.40. The van der Waals surface area contributed by atoms with Crippen molar-refractivity contribution in [2.24, 2.45) is 0 Å². The molecule has 0 aliphatic rings. The van der Waals surface area contributed by atoms with E-state index in [0.717, 1.165) is 51.1 Å². The summed E-state index contributed by atoms with van der Waals surface area (Å²) in [6.45, 7) is 13.5. The van der Waals surface area contributed by atoms with E-state index in [1.165, 1.54) is 0 Å². The van der Waals surface area contributed by atoms with Gasteiger partial charge in [0.15, 0.2) is 0 Å². The normalized spacial score (nSPS) is 10.6. The van der Waals surface area contributed by atoms with E-state index in [0.29, 0.717) is 16.9 Å². The van der Waals surface area contributed by atoms with Gasteiger partial charge in [0.1, 0.15) is 34.3 Å². The first-order valence-electron chi connectivity index (χ1n) is 15.2. The summed E-state index contributed by atoms with van der Waals surface area (Å²) in [7, 11) is 1.82. The number of hydrogen-bond donors (Lipinski definition) is 5. The number of aliphatic hydroxyl groups is 1. The molecule has 11 heteroatoms. The van der Waals surface area contributed by atoms with Crippen LogP contribution in [-0.2, 0) is 6.61 Å². The topological polar surface area (TPSA) is 146 Å². The van der Waals surface area contributed by atoms with Crippen molar-refractivity contribution >= 4 is 5.69 Å². The Kier molecular flexibility index (Phi) is 10.7. The van der Waals surface area contributed by atoms with Crippen molar-refractivity contribution in [1.82, 2.24) is 29.3 Å². The molecule has 0 atom stereocenters. The predicted molar refractivity (Wildman–Crippen MR) is 184 cm³/mol. The fourth-order valence-electron chi connectivity index (χ4n) is 5.22. The van der Waals surface area contributed by atoms with E-state index in [1.807, 2.05) is 98.0 Å². The van der Waals surface area contributed by atoms with Crippen molar-refractivity contribution in [3.63, 3.8) is 0 Å². The Morgan fingerprint density at radius 2 is 1.06 bits per heavy atom. The van der Waals surface area contributed by atoms with Crippen LogP contribution in [0.1, 0.15) is 45.3 Å². The second kappa shape index (κ2) is 14.7. The Hall–Kier alpha value is -5.55. The number of aliphatic hydroxyl groups excluding tert-OH is 1. The van der Waals surface area contributed by atoms with Gasteiger partial charge in [0, 0.05) is 35.9 Å². The third-order valence-corrected chi connectivity index (χ3v) is 7.40. The molecule has 6 aromatic rings. The Labute approximate surface area is 275 Å². The number of benzene rings is 3. The summed E-state index contributed by atoms with van der Waals surface area (Å²) in [6.07, 6.45) is 0. The number of aromatic hydroxyl groups is 3. The lowest BCUT2D eigenvalue weighted by molar-refractivity contribution is 0.281. The summed E-state index contributed by atoms with van der Waals surface area (Å²) in [5, 5.41) is 54.5. The molecule has 0 saturated heterocycles. The zero-order valence-electron chi connectivity index (χ0n) is 28.1. The molecule has 0 saturated carbocycles. The number of nitrogens with one attached hydrogen (secondary N) is 1. The zero-order chi connectivity index (χ0) is 34.4. The highest BCUT2D eigenvalue weighted by atomic mass is 16.3. The highest BCUT2D eigenvalue weighted by Gasteiger charge is 2.11. The molecular weight excluding hydrogens is 594 g/mol. The lowest BCUT2D eigenvalue weighted by Crippen LogP contribution is -2.01. The van der Waals surface area contributed by atoms with Crippen LogP contribution in [0.2, 0.25) is 0 Å². The summed E-state index contributed by atoms with van der Waals surface area (Å²) in [4.78, 5) is 0. The van der Waals surface area contributed by atoms with Crippen molar-refractivity contribution in [2.45, 2.75) is 55.1 Å². The molecular formula is C36H43N7O4. The van der Waals surface area contributed by atoms with Crippen LogP contribution < -0.4 is 5.32 Å². The summed E-state index contributed by atoms with van der Waals surface area (Å²) in [5.74, 6) is 0.608. The van der Waals surface area contributed by atoms with E-state index >= 15 is 0 Å². The summed E-state index contributed by atoms with van der Waals surface area (Å²) < 4.78 is 5.20. The van der Waals surface area contributed by atoms with Gasteiger partial charge in [-0.3, -0.25) is 0 Å². The van der Waals surface area contributed by atoms with Gasteiger partial charge in [0.05, 0.1) is 23.7 Å². The number of para-hydroxylation sites is 1. The molecule has 11 nitrogen and oxygen atoms in total. The molecule has 5 N–H and O–H groups in total. The van der Waals surface area contributed by atoms with Gasteiger partial charge in [-0.1, -0.05) is 18.2 Å². The van der Waals surface area contributed by atoms with Gasteiger partial charge in [-0.25, -0.2) is 14.0 Å². The quantitative estimate of drug-likeness (QED) is 0.145. The molecule has 0 aliphatic carbocycles. The van der Waals surface area contributed by atoms with Gasteiger partial charge in [-0.15, -0.1) is 0 Å². The van der Waals surface area contributed by atoms with Gasteiger partial charge in [-0.05, 0) is 108 Å². The number of phenols is 3. The number of hydrogen-bond acceptors (Lipinski definition) is 8. The standard InChI is InChI=1S/C12H15N3O.C12H14N2O2.C12H14N2O/c1-8-6-9(2)15(14-8)11-5-4-10(13-3)7-12(11)16;1-8-5-9(2)14(13-8)11-4-3-10(7-15)6-12(11)16;1-8-5-4-6-11(15)12(8)14-10(3)7-9(2)13-14/h4-7,13,16H,1-3H3;3-6,15-16H,7H2,1-2H3;4-7,15H,1-3H3. The Morgan fingerprint density at radius 1 is 0.574 bits per heavy atom. The van der Waals surface area contributed by atoms with E-state index in [1.54, 1.807) is 44.4 Å². The smallest absolute Gasteiger partial charge is 0.143 e. The molecule has 0 aliphatic heterocycles. The number of phenolic OH excluding ortho intramolecular Hbond substituents is 3. The first-order chi connectivity index (χ1) is 22.3. The van der Waals surface area contributed by atoms with Crippen LogP contribution in [0.5, 0.6) is 17.2 Å². The summed E-state index contributed by atoms with van der Waals surface area (Å²) >= 11 is 0. The minimum atomic E-state index is -0.0784. The number of aromatic nitrogens is 6. The number of nitrogens with zero attached hydrogens (tertiary/aromatic N) is 6. The van der Waals surface area contributed by atoms with Crippen LogP contribution >= 0.6 is 0 Å². The number of rotatable bonds is 5. The van der Waals surface area contributed by atoms with Crippen molar-refractivity contribution in [3.8, 4) is 34.3 Å². The molecule has 6 rings (SSSR count). The van der Waals surface area contributed by atoms with E-state index in [9.17, 15) is 15.3 Å². The fourth-order valence-corrected chi connectivity index (χ4v) is 5.22. The monoisotopic (exact) mass is 637 g/mol. The Morgan fingerprint density at radius 3 is 1.47 bits per heavy atom. The largest absolute Gasteiger partial charge is 0.506 e. The second-order valence-electron chi connectivity index (χ2n) is 11.4. The van der Waals surface area contributed by atoms with Crippen molar-refractivity contribution in [3.05, 3.63) is 118 Å². The molecule has 0 unspecified atom stereocenters. The second-order valence-corrected chi connectivity index (χ2v) is 11.4. The van der Waals surface area contributed by atoms with E-state index in [-0.39, 0.29) is 23.9 Å². The third kappa shape index (κ3) is 8.00. The number of anilines is 1. The molecule has 3 heterocycles. The maximum atomic E-state index is 9.91. The molecule has 3 aromatic heterocycles.